The lowest BCUT2D eigenvalue weighted by Gasteiger charge is -2.30. The number of nitrogens with one attached hydrogen (secondary N) is 1. The molecule has 6 nitrogen and oxygen atoms in total. The number of likely N-dealkylation sites (N-methyl/N-ethyl adjacent to an activating group) is 1. The van der Waals surface area contributed by atoms with Crippen LogP contribution in [0.15, 0.2) is 23.0 Å². The summed E-state index contributed by atoms with van der Waals surface area (Å²) >= 11 is 0. The predicted molar refractivity (Wildman–Crippen MR) is 65.7 cm³/mol. The third kappa shape index (κ3) is 2.47. The highest BCUT2D eigenvalue weighted by atomic mass is 19.1. The van der Waals surface area contributed by atoms with E-state index < -0.39 is 5.82 Å². The van der Waals surface area contributed by atoms with Gasteiger partial charge in [-0.25, -0.2) is 4.39 Å². The molecule has 0 spiro atoms. The van der Waals surface area contributed by atoms with Crippen LogP contribution in [0.3, 0.4) is 0 Å². The molecule has 1 atom stereocenters. The van der Waals surface area contributed by atoms with E-state index in [-0.39, 0.29) is 6.04 Å². The summed E-state index contributed by atoms with van der Waals surface area (Å²) in [6.45, 7) is 2.65. The summed E-state index contributed by atoms with van der Waals surface area (Å²) in [7, 11) is 2.02. The van der Waals surface area contributed by atoms with Gasteiger partial charge in [0, 0.05) is 25.8 Å². The Balaban J connectivity index is 1.86. The molecule has 1 aliphatic heterocycles. The molecule has 1 unspecified atom stereocenters. The van der Waals surface area contributed by atoms with Crippen molar-refractivity contribution in [3.8, 4) is 11.5 Å². The highest BCUT2D eigenvalue weighted by Gasteiger charge is 2.25. The summed E-state index contributed by atoms with van der Waals surface area (Å²) in [4.78, 5) is 10.3. The fourth-order valence-corrected chi connectivity index (χ4v) is 2.11. The van der Waals surface area contributed by atoms with Gasteiger partial charge in [-0.1, -0.05) is 5.16 Å². The predicted octanol–water partition coefficient (Wildman–Crippen LogP) is 0.847. The first-order valence-corrected chi connectivity index (χ1v) is 6.09. The van der Waals surface area contributed by atoms with Crippen molar-refractivity contribution < 1.29 is 8.91 Å². The van der Waals surface area contributed by atoms with Gasteiger partial charge >= 0.3 is 0 Å². The van der Waals surface area contributed by atoms with Crippen LogP contribution in [0.4, 0.5) is 4.39 Å². The van der Waals surface area contributed by atoms with Crippen LogP contribution < -0.4 is 5.32 Å². The first-order valence-electron chi connectivity index (χ1n) is 6.09. The molecule has 1 N–H and O–H groups in total. The summed E-state index contributed by atoms with van der Waals surface area (Å²) in [5.41, 5.74) is 0.491. The molecule has 1 fully saturated rings. The summed E-state index contributed by atoms with van der Waals surface area (Å²) in [5.74, 6) is 0.476. The summed E-state index contributed by atoms with van der Waals surface area (Å²) < 4.78 is 18.3. The number of hydrogen-bond acceptors (Lipinski definition) is 6. The Labute approximate surface area is 109 Å². The molecule has 1 saturated heterocycles. The highest BCUT2D eigenvalue weighted by Crippen LogP contribution is 2.22. The van der Waals surface area contributed by atoms with Crippen molar-refractivity contribution in [2.75, 3.05) is 26.7 Å². The smallest absolute Gasteiger partial charge is 0.259 e. The highest BCUT2D eigenvalue weighted by molar-refractivity contribution is 5.50. The minimum Gasteiger partial charge on any atom is -0.334 e. The van der Waals surface area contributed by atoms with Crippen LogP contribution >= 0.6 is 0 Å². The molecule has 3 heterocycles. The monoisotopic (exact) mass is 263 g/mol. The molecule has 1 aliphatic rings. The second-order valence-electron chi connectivity index (χ2n) is 4.55. The Bertz CT molecular complexity index is 573. The van der Waals surface area contributed by atoms with Gasteiger partial charge in [-0.2, -0.15) is 4.98 Å². The van der Waals surface area contributed by atoms with Crippen molar-refractivity contribution in [3.63, 3.8) is 0 Å². The van der Waals surface area contributed by atoms with E-state index in [0.717, 1.165) is 25.8 Å². The summed E-state index contributed by atoms with van der Waals surface area (Å²) in [6.07, 6.45) is 2.64. The Morgan fingerprint density at radius 1 is 1.47 bits per heavy atom. The van der Waals surface area contributed by atoms with Gasteiger partial charge in [0.25, 0.3) is 5.89 Å². The molecule has 2 aromatic heterocycles. The molecule has 100 valence electrons. The van der Waals surface area contributed by atoms with Gasteiger partial charge < -0.3 is 9.84 Å². The topological polar surface area (TPSA) is 67.1 Å². The zero-order valence-corrected chi connectivity index (χ0v) is 10.5. The average Bonchev–Trinajstić information content (AvgIpc) is 2.89. The van der Waals surface area contributed by atoms with E-state index in [1.54, 1.807) is 0 Å². The van der Waals surface area contributed by atoms with E-state index in [2.05, 4.69) is 25.3 Å². The van der Waals surface area contributed by atoms with Crippen molar-refractivity contribution in [3.05, 3.63) is 30.1 Å². The maximum absolute atomic E-state index is 13.1. The van der Waals surface area contributed by atoms with Gasteiger partial charge in [-0.3, -0.25) is 9.88 Å². The lowest BCUT2D eigenvalue weighted by molar-refractivity contribution is 0.190. The van der Waals surface area contributed by atoms with E-state index in [4.69, 9.17) is 4.52 Å². The van der Waals surface area contributed by atoms with Crippen LogP contribution in [0.1, 0.15) is 11.9 Å². The number of aromatic nitrogens is 3. The van der Waals surface area contributed by atoms with Crippen LogP contribution in [-0.4, -0.2) is 46.7 Å². The first-order chi connectivity index (χ1) is 9.24. The van der Waals surface area contributed by atoms with E-state index >= 15 is 0 Å². The largest absolute Gasteiger partial charge is 0.334 e. The second kappa shape index (κ2) is 5.02. The van der Waals surface area contributed by atoms with Crippen LogP contribution in [0, 0.1) is 5.82 Å². The Hall–Kier alpha value is -1.86. The number of nitrogens with zero attached hydrogens (tertiary/aromatic N) is 4. The number of hydrogen-bond donors (Lipinski definition) is 1. The normalized spacial score (nSPS) is 20.6. The summed E-state index contributed by atoms with van der Waals surface area (Å²) in [6, 6.07) is 1.40. The molecule has 19 heavy (non-hydrogen) atoms. The third-order valence-corrected chi connectivity index (χ3v) is 3.20. The van der Waals surface area contributed by atoms with Gasteiger partial charge in [0.15, 0.2) is 5.82 Å². The molecule has 0 aromatic carbocycles. The van der Waals surface area contributed by atoms with Gasteiger partial charge in [0.05, 0.1) is 17.8 Å². The zero-order valence-electron chi connectivity index (χ0n) is 10.5. The third-order valence-electron chi connectivity index (χ3n) is 3.20. The molecule has 0 saturated carbocycles. The van der Waals surface area contributed by atoms with Gasteiger partial charge in [0.1, 0.15) is 5.82 Å². The quantitative estimate of drug-likeness (QED) is 0.866. The average molecular weight is 263 g/mol. The van der Waals surface area contributed by atoms with Gasteiger partial charge in [-0.05, 0) is 13.1 Å². The molecule has 3 rings (SSSR count). The van der Waals surface area contributed by atoms with Crippen LogP contribution in [-0.2, 0) is 0 Å². The fourth-order valence-electron chi connectivity index (χ4n) is 2.11. The molecule has 2 aromatic rings. The standard InChI is InChI=1S/C12H14FN5O/c1-18-3-2-14-7-10(18)11-16-12(19-17-11)8-4-9(13)6-15-5-8/h4-6,10,14H,2-3,7H2,1H3. The van der Waals surface area contributed by atoms with E-state index in [1.807, 2.05) is 7.05 Å². The SMILES string of the molecule is CN1CCNCC1c1noc(-c2cncc(F)c2)n1. The number of pyridine rings is 1. The van der Waals surface area contributed by atoms with Crippen LogP contribution in [0.25, 0.3) is 11.5 Å². The molecule has 7 heteroatoms. The maximum atomic E-state index is 13.1. The Morgan fingerprint density at radius 3 is 3.16 bits per heavy atom. The van der Waals surface area contributed by atoms with Crippen molar-refractivity contribution in [2.24, 2.45) is 0 Å². The van der Waals surface area contributed by atoms with Crippen molar-refractivity contribution in [1.82, 2.24) is 25.3 Å². The Kier molecular flexibility index (Phi) is 3.22. The fraction of sp³-hybridized carbons (Fsp3) is 0.417. The molecular formula is C12H14FN5O. The van der Waals surface area contributed by atoms with Crippen molar-refractivity contribution >= 4 is 0 Å². The van der Waals surface area contributed by atoms with Crippen molar-refractivity contribution in [2.45, 2.75) is 6.04 Å². The lowest BCUT2D eigenvalue weighted by atomic mass is 10.2. The van der Waals surface area contributed by atoms with E-state index in [1.165, 1.54) is 12.3 Å². The number of piperazine rings is 1. The van der Waals surface area contributed by atoms with E-state index in [9.17, 15) is 4.39 Å². The van der Waals surface area contributed by atoms with Crippen LogP contribution in [0.5, 0.6) is 0 Å². The maximum Gasteiger partial charge on any atom is 0.259 e. The number of halogens is 1. The first kappa shape index (κ1) is 12.2. The van der Waals surface area contributed by atoms with Crippen molar-refractivity contribution in [1.29, 1.82) is 0 Å². The molecule has 0 amide bonds. The summed E-state index contributed by atoms with van der Waals surface area (Å²) in [5, 5.41) is 7.26. The van der Waals surface area contributed by atoms with E-state index in [0.29, 0.717) is 17.3 Å². The minimum atomic E-state index is -0.422. The molecule has 0 aliphatic carbocycles. The van der Waals surface area contributed by atoms with Gasteiger partial charge in [-0.15, -0.1) is 0 Å². The van der Waals surface area contributed by atoms with Gasteiger partial charge in [0.2, 0.25) is 0 Å². The molecular weight excluding hydrogens is 249 g/mol. The van der Waals surface area contributed by atoms with Crippen LogP contribution in [0.2, 0.25) is 0 Å². The zero-order chi connectivity index (χ0) is 13.2. The Morgan fingerprint density at radius 2 is 2.37 bits per heavy atom. The molecule has 0 radical (unpaired) electrons. The molecule has 0 bridgehead atoms. The number of rotatable bonds is 2. The lowest BCUT2D eigenvalue weighted by Crippen LogP contribution is -2.44. The minimum absolute atomic E-state index is 0.0766. The second-order valence-corrected chi connectivity index (χ2v) is 4.55.